The van der Waals surface area contributed by atoms with E-state index >= 15 is 0 Å². The van der Waals surface area contributed by atoms with Crippen LogP contribution in [0, 0.1) is 5.41 Å². The van der Waals surface area contributed by atoms with Gasteiger partial charge in [-0.1, -0.05) is 39.0 Å². The zero-order valence-corrected chi connectivity index (χ0v) is 12.3. The number of aromatic nitrogens is 1. The van der Waals surface area contributed by atoms with Gasteiger partial charge in [0.15, 0.2) is 0 Å². The van der Waals surface area contributed by atoms with Crippen LogP contribution in [0.4, 0.5) is 5.82 Å². The number of rotatable bonds is 3. The number of fused-ring (bicyclic) bond motifs is 1. The molecule has 0 radical (unpaired) electrons. The van der Waals surface area contributed by atoms with Crippen molar-refractivity contribution in [3.8, 4) is 0 Å². The highest BCUT2D eigenvalue weighted by Gasteiger charge is 2.17. The van der Waals surface area contributed by atoms with Crippen LogP contribution in [0.1, 0.15) is 31.1 Å². The minimum atomic E-state index is -0.922. The Labute approximate surface area is 119 Å². The van der Waals surface area contributed by atoms with Crippen LogP contribution in [0.15, 0.2) is 30.3 Å². The van der Waals surface area contributed by atoms with E-state index < -0.39 is 5.97 Å². The molecule has 0 spiro atoms. The molecule has 4 nitrogen and oxygen atoms in total. The number of pyridine rings is 1. The van der Waals surface area contributed by atoms with Gasteiger partial charge in [0, 0.05) is 19.0 Å². The molecule has 0 amide bonds. The average Bonchev–Trinajstić information content (AvgIpc) is 2.35. The first-order valence-corrected chi connectivity index (χ1v) is 6.62. The predicted octanol–water partition coefficient (Wildman–Crippen LogP) is 3.42. The first-order chi connectivity index (χ1) is 9.28. The number of carbonyl (C=O) groups is 1. The summed E-state index contributed by atoms with van der Waals surface area (Å²) in [6.07, 6.45) is 0. The van der Waals surface area contributed by atoms with Gasteiger partial charge in [0.1, 0.15) is 5.82 Å². The third-order valence-corrected chi connectivity index (χ3v) is 3.04. The number of carboxylic acids is 1. The SMILES string of the molecule is CN(CC(C)(C)C)c1cc(C(=O)O)c2ccccc2n1. The van der Waals surface area contributed by atoms with Gasteiger partial charge in [-0.15, -0.1) is 0 Å². The van der Waals surface area contributed by atoms with E-state index in [4.69, 9.17) is 0 Å². The topological polar surface area (TPSA) is 53.4 Å². The number of hydrogen-bond acceptors (Lipinski definition) is 3. The molecule has 1 heterocycles. The second kappa shape index (κ2) is 5.12. The lowest BCUT2D eigenvalue weighted by Crippen LogP contribution is -2.29. The Kier molecular flexibility index (Phi) is 3.66. The van der Waals surface area contributed by atoms with Crippen LogP contribution in [0.2, 0.25) is 0 Å². The molecule has 20 heavy (non-hydrogen) atoms. The van der Waals surface area contributed by atoms with Gasteiger partial charge in [-0.05, 0) is 17.5 Å². The summed E-state index contributed by atoms with van der Waals surface area (Å²) < 4.78 is 0. The van der Waals surface area contributed by atoms with Gasteiger partial charge in [-0.3, -0.25) is 0 Å². The van der Waals surface area contributed by atoms with Crippen molar-refractivity contribution < 1.29 is 9.90 Å². The molecule has 1 aromatic heterocycles. The maximum Gasteiger partial charge on any atom is 0.336 e. The monoisotopic (exact) mass is 272 g/mol. The van der Waals surface area contributed by atoms with Crippen LogP contribution >= 0.6 is 0 Å². The number of carboxylic acid groups (broad SMARTS) is 1. The molecular weight excluding hydrogens is 252 g/mol. The molecule has 0 saturated heterocycles. The fourth-order valence-electron chi connectivity index (χ4n) is 2.33. The molecule has 0 atom stereocenters. The molecule has 106 valence electrons. The number of aromatic carboxylic acids is 1. The molecule has 2 rings (SSSR count). The normalized spacial score (nSPS) is 11.6. The number of hydrogen-bond donors (Lipinski definition) is 1. The Balaban J connectivity index is 2.53. The standard InChI is InChI=1S/C16H20N2O2/c1-16(2,3)10-18(4)14-9-12(15(19)20)11-7-5-6-8-13(11)17-14/h5-9H,10H2,1-4H3,(H,19,20). The number of nitrogens with zero attached hydrogens (tertiary/aromatic N) is 2. The summed E-state index contributed by atoms with van der Waals surface area (Å²) in [6.45, 7) is 7.23. The summed E-state index contributed by atoms with van der Waals surface area (Å²) in [7, 11) is 1.94. The van der Waals surface area contributed by atoms with E-state index in [1.807, 2.05) is 30.1 Å². The highest BCUT2D eigenvalue weighted by atomic mass is 16.4. The fourth-order valence-corrected chi connectivity index (χ4v) is 2.33. The minimum Gasteiger partial charge on any atom is -0.478 e. The summed E-state index contributed by atoms with van der Waals surface area (Å²) in [4.78, 5) is 18.0. The Morgan fingerprint density at radius 1 is 1.30 bits per heavy atom. The van der Waals surface area contributed by atoms with Crippen molar-refractivity contribution in [2.45, 2.75) is 20.8 Å². The molecule has 0 aliphatic heterocycles. The molecule has 0 aliphatic carbocycles. The Hall–Kier alpha value is -2.10. The van der Waals surface area contributed by atoms with Crippen LogP contribution in [0.3, 0.4) is 0 Å². The number of anilines is 1. The van der Waals surface area contributed by atoms with Gasteiger partial charge in [0.25, 0.3) is 0 Å². The van der Waals surface area contributed by atoms with Crippen LogP contribution in [0.25, 0.3) is 10.9 Å². The molecule has 0 fully saturated rings. The van der Waals surface area contributed by atoms with E-state index in [1.165, 1.54) is 0 Å². The molecule has 1 aromatic carbocycles. The molecule has 4 heteroatoms. The van der Waals surface area contributed by atoms with E-state index in [2.05, 4.69) is 25.8 Å². The van der Waals surface area contributed by atoms with Gasteiger partial charge >= 0.3 is 5.97 Å². The van der Waals surface area contributed by atoms with Crippen LogP contribution in [0.5, 0.6) is 0 Å². The highest BCUT2D eigenvalue weighted by molar-refractivity contribution is 6.03. The Morgan fingerprint density at radius 2 is 1.95 bits per heavy atom. The zero-order valence-electron chi connectivity index (χ0n) is 12.3. The largest absolute Gasteiger partial charge is 0.478 e. The summed E-state index contributed by atoms with van der Waals surface area (Å²) >= 11 is 0. The van der Waals surface area contributed by atoms with Crippen LogP contribution in [-0.2, 0) is 0 Å². The fraction of sp³-hybridized carbons (Fsp3) is 0.375. The lowest BCUT2D eigenvalue weighted by atomic mass is 9.96. The molecule has 1 N–H and O–H groups in total. The number of para-hydroxylation sites is 1. The van der Waals surface area contributed by atoms with E-state index in [1.54, 1.807) is 12.1 Å². The first kappa shape index (κ1) is 14.3. The minimum absolute atomic E-state index is 0.117. The lowest BCUT2D eigenvalue weighted by Gasteiger charge is -2.27. The van der Waals surface area contributed by atoms with Crippen LogP contribution in [-0.4, -0.2) is 29.7 Å². The van der Waals surface area contributed by atoms with E-state index in [0.717, 1.165) is 6.54 Å². The van der Waals surface area contributed by atoms with Gasteiger partial charge in [0.05, 0.1) is 11.1 Å². The summed E-state index contributed by atoms with van der Waals surface area (Å²) in [5.41, 5.74) is 1.13. The summed E-state index contributed by atoms with van der Waals surface area (Å²) in [6, 6.07) is 8.98. The summed E-state index contributed by atoms with van der Waals surface area (Å²) in [5.74, 6) is -0.231. The van der Waals surface area contributed by atoms with Gasteiger partial charge in [-0.2, -0.15) is 0 Å². The molecule has 0 aliphatic rings. The molecule has 2 aromatic rings. The second-order valence-electron chi connectivity index (χ2n) is 6.27. The predicted molar refractivity (Wildman–Crippen MR) is 81.4 cm³/mol. The van der Waals surface area contributed by atoms with Crippen molar-refractivity contribution in [1.29, 1.82) is 0 Å². The van der Waals surface area contributed by atoms with Crippen LogP contribution < -0.4 is 4.90 Å². The molecule has 0 saturated carbocycles. The quantitative estimate of drug-likeness (QED) is 0.930. The Morgan fingerprint density at radius 3 is 2.55 bits per heavy atom. The molecule has 0 bridgehead atoms. The Bertz CT molecular complexity index is 644. The highest BCUT2D eigenvalue weighted by Crippen LogP contribution is 2.24. The van der Waals surface area contributed by atoms with Crippen molar-refractivity contribution in [2.75, 3.05) is 18.5 Å². The van der Waals surface area contributed by atoms with Gasteiger partial charge < -0.3 is 10.0 Å². The molecule has 0 unspecified atom stereocenters. The van der Waals surface area contributed by atoms with Gasteiger partial charge in [0.2, 0.25) is 0 Å². The van der Waals surface area contributed by atoms with E-state index in [9.17, 15) is 9.90 Å². The molecular formula is C16H20N2O2. The number of benzene rings is 1. The van der Waals surface area contributed by atoms with E-state index in [0.29, 0.717) is 22.3 Å². The third kappa shape index (κ3) is 3.07. The smallest absolute Gasteiger partial charge is 0.336 e. The van der Waals surface area contributed by atoms with Gasteiger partial charge in [-0.25, -0.2) is 9.78 Å². The van der Waals surface area contributed by atoms with Crippen molar-refractivity contribution in [3.63, 3.8) is 0 Å². The maximum atomic E-state index is 11.4. The summed E-state index contributed by atoms with van der Waals surface area (Å²) in [5, 5.41) is 10.0. The average molecular weight is 272 g/mol. The van der Waals surface area contributed by atoms with Crippen molar-refractivity contribution in [2.24, 2.45) is 5.41 Å². The van der Waals surface area contributed by atoms with Crippen molar-refractivity contribution in [3.05, 3.63) is 35.9 Å². The van der Waals surface area contributed by atoms with Crippen molar-refractivity contribution in [1.82, 2.24) is 4.98 Å². The maximum absolute atomic E-state index is 11.4. The van der Waals surface area contributed by atoms with E-state index in [-0.39, 0.29) is 5.41 Å². The first-order valence-electron chi connectivity index (χ1n) is 6.62. The second-order valence-corrected chi connectivity index (χ2v) is 6.27. The van der Waals surface area contributed by atoms with Crippen molar-refractivity contribution >= 4 is 22.7 Å². The lowest BCUT2D eigenvalue weighted by molar-refractivity contribution is 0.0699. The zero-order chi connectivity index (χ0) is 14.9. The third-order valence-electron chi connectivity index (χ3n) is 3.04.